The minimum absolute atomic E-state index is 0.109. The topological polar surface area (TPSA) is 50.4 Å². The number of halogens is 1. The van der Waals surface area contributed by atoms with Gasteiger partial charge in [-0.1, -0.05) is 6.92 Å². The number of carbonyl (C=O) groups is 1. The summed E-state index contributed by atoms with van der Waals surface area (Å²) in [6, 6.07) is 4.19. The molecule has 1 unspecified atom stereocenters. The Morgan fingerprint density at radius 1 is 1.50 bits per heavy atom. The maximum Gasteiger partial charge on any atom is 0.228 e. The molecule has 0 aromatic heterocycles. The van der Waals surface area contributed by atoms with Crippen molar-refractivity contribution in [2.75, 3.05) is 25.5 Å². The molecule has 1 atom stereocenters. The van der Waals surface area contributed by atoms with Crippen molar-refractivity contribution in [3.63, 3.8) is 0 Å². The predicted molar refractivity (Wildman–Crippen MR) is 76.3 cm³/mol. The number of rotatable bonds is 7. The minimum atomic E-state index is -0.364. The molecule has 0 bridgehead atoms. The number of benzene rings is 1. The van der Waals surface area contributed by atoms with Crippen LogP contribution in [0, 0.1) is 17.7 Å². The van der Waals surface area contributed by atoms with E-state index in [4.69, 9.17) is 4.74 Å². The molecule has 0 saturated heterocycles. The van der Waals surface area contributed by atoms with Gasteiger partial charge in [-0.25, -0.2) is 4.39 Å². The highest BCUT2D eigenvalue weighted by Gasteiger charge is 2.23. The van der Waals surface area contributed by atoms with Gasteiger partial charge in [0, 0.05) is 18.5 Å². The van der Waals surface area contributed by atoms with Crippen LogP contribution < -0.4 is 15.4 Å². The fourth-order valence-electron chi connectivity index (χ4n) is 1.87. The second-order valence-electron chi connectivity index (χ2n) is 5.34. The molecule has 4 nitrogen and oxygen atoms in total. The molecule has 0 spiro atoms. The van der Waals surface area contributed by atoms with E-state index in [-0.39, 0.29) is 17.6 Å². The van der Waals surface area contributed by atoms with Crippen molar-refractivity contribution in [2.45, 2.75) is 19.8 Å². The van der Waals surface area contributed by atoms with Gasteiger partial charge < -0.3 is 15.4 Å². The Kier molecular flexibility index (Phi) is 4.95. The van der Waals surface area contributed by atoms with E-state index in [1.165, 1.54) is 12.1 Å². The first-order valence-corrected chi connectivity index (χ1v) is 6.98. The monoisotopic (exact) mass is 280 g/mol. The van der Waals surface area contributed by atoms with Gasteiger partial charge in [0.1, 0.15) is 11.6 Å². The third kappa shape index (κ3) is 4.20. The molecule has 0 heterocycles. The van der Waals surface area contributed by atoms with Crippen LogP contribution in [0.5, 0.6) is 5.75 Å². The van der Waals surface area contributed by atoms with E-state index >= 15 is 0 Å². The Morgan fingerprint density at radius 3 is 2.90 bits per heavy atom. The molecule has 1 aliphatic rings. The summed E-state index contributed by atoms with van der Waals surface area (Å²) in [4.78, 5) is 12.0. The van der Waals surface area contributed by atoms with Crippen LogP contribution in [0.15, 0.2) is 18.2 Å². The largest absolute Gasteiger partial charge is 0.491 e. The van der Waals surface area contributed by atoms with Gasteiger partial charge in [-0.05, 0) is 37.9 Å². The second-order valence-corrected chi connectivity index (χ2v) is 5.34. The molecule has 1 aromatic carbocycles. The van der Waals surface area contributed by atoms with E-state index in [2.05, 4.69) is 10.6 Å². The lowest BCUT2D eigenvalue weighted by Gasteiger charge is -2.15. The molecule has 1 aromatic rings. The van der Waals surface area contributed by atoms with E-state index < -0.39 is 0 Å². The van der Waals surface area contributed by atoms with Crippen LogP contribution in [0.25, 0.3) is 0 Å². The number of ether oxygens (including phenoxy) is 1. The first-order chi connectivity index (χ1) is 9.60. The van der Waals surface area contributed by atoms with E-state index in [9.17, 15) is 9.18 Å². The number of nitrogens with one attached hydrogen (secondary N) is 2. The Hall–Kier alpha value is -1.62. The first kappa shape index (κ1) is 14.8. The highest BCUT2D eigenvalue weighted by atomic mass is 19.1. The predicted octanol–water partition coefficient (Wildman–Crippen LogP) is 2.41. The van der Waals surface area contributed by atoms with Gasteiger partial charge in [-0.15, -0.1) is 0 Å². The van der Waals surface area contributed by atoms with Crippen LogP contribution in [0.2, 0.25) is 0 Å². The molecule has 0 aliphatic heterocycles. The minimum Gasteiger partial charge on any atom is -0.491 e. The highest BCUT2D eigenvalue weighted by Crippen LogP contribution is 2.32. The number of amides is 1. The molecule has 1 amide bonds. The third-order valence-electron chi connectivity index (χ3n) is 3.33. The summed E-state index contributed by atoms with van der Waals surface area (Å²) < 4.78 is 18.9. The fourth-order valence-corrected chi connectivity index (χ4v) is 1.87. The Labute approximate surface area is 118 Å². The standard InChI is InChI=1S/C15H21FN2O2/c1-10(8-17-2)15(19)18-13-6-5-12(16)7-14(13)20-9-11-3-4-11/h5-7,10-11,17H,3-4,8-9H2,1-2H3,(H,18,19). The SMILES string of the molecule is CNCC(C)C(=O)Nc1ccc(F)cc1OCC1CC1. The normalized spacial score (nSPS) is 15.8. The zero-order chi connectivity index (χ0) is 14.5. The van der Waals surface area contributed by atoms with Crippen LogP contribution in [-0.4, -0.2) is 26.1 Å². The van der Waals surface area contributed by atoms with Gasteiger partial charge in [0.15, 0.2) is 0 Å². The zero-order valence-corrected chi connectivity index (χ0v) is 11.9. The van der Waals surface area contributed by atoms with Crippen molar-refractivity contribution in [2.24, 2.45) is 11.8 Å². The van der Waals surface area contributed by atoms with E-state index in [1.54, 1.807) is 13.1 Å². The molecular weight excluding hydrogens is 259 g/mol. The molecule has 5 heteroatoms. The quantitative estimate of drug-likeness (QED) is 0.806. The van der Waals surface area contributed by atoms with Crippen molar-refractivity contribution in [1.82, 2.24) is 5.32 Å². The summed E-state index contributed by atoms with van der Waals surface area (Å²) in [6.45, 7) is 3.00. The van der Waals surface area contributed by atoms with Gasteiger partial charge in [-0.2, -0.15) is 0 Å². The summed E-state index contributed by atoms with van der Waals surface area (Å²) >= 11 is 0. The van der Waals surface area contributed by atoms with Crippen LogP contribution in [0.1, 0.15) is 19.8 Å². The lowest BCUT2D eigenvalue weighted by molar-refractivity contribution is -0.119. The molecule has 2 rings (SSSR count). The first-order valence-electron chi connectivity index (χ1n) is 6.98. The van der Waals surface area contributed by atoms with Crippen LogP contribution in [-0.2, 0) is 4.79 Å². The smallest absolute Gasteiger partial charge is 0.228 e. The second kappa shape index (κ2) is 6.70. The van der Waals surface area contributed by atoms with Crippen LogP contribution in [0.4, 0.5) is 10.1 Å². The molecule has 110 valence electrons. The lowest BCUT2D eigenvalue weighted by Crippen LogP contribution is -2.28. The number of hydrogen-bond donors (Lipinski definition) is 2. The highest BCUT2D eigenvalue weighted by molar-refractivity contribution is 5.93. The summed E-state index contributed by atoms with van der Waals surface area (Å²) in [5, 5.41) is 5.75. The van der Waals surface area contributed by atoms with Crippen molar-refractivity contribution < 1.29 is 13.9 Å². The van der Waals surface area contributed by atoms with Crippen LogP contribution >= 0.6 is 0 Å². The molecular formula is C15H21FN2O2. The van der Waals surface area contributed by atoms with E-state index in [0.29, 0.717) is 30.5 Å². The van der Waals surface area contributed by atoms with Gasteiger partial charge in [0.2, 0.25) is 5.91 Å². The Morgan fingerprint density at radius 2 is 2.25 bits per heavy atom. The average Bonchev–Trinajstić information content (AvgIpc) is 3.23. The molecule has 0 radical (unpaired) electrons. The lowest BCUT2D eigenvalue weighted by atomic mass is 10.1. The molecule has 20 heavy (non-hydrogen) atoms. The van der Waals surface area contributed by atoms with Crippen LogP contribution in [0.3, 0.4) is 0 Å². The number of hydrogen-bond acceptors (Lipinski definition) is 3. The molecule has 1 fully saturated rings. The van der Waals surface area contributed by atoms with E-state index in [0.717, 1.165) is 12.8 Å². The maximum atomic E-state index is 13.3. The van der Waals surface area contributed by atoms with Gasteiger partial charge in [-0.3, -0.25) is 4.79 Å². The summed E-state index contributed by atoms with van der Waals surface area (Å²) in [6.07, 6.45) is 2.33. The Balaban J connectivity index is 2.02. The van der Waals surface area contributed by atoms with Crippen molar-refractivity contribution >= 4 is 11.6 Å². The third-order valence-corrected chi connectivity index (χ3v) is 3.33. The zero-order valence-electron chi connectivity index (χ0n) is 11.9. The van der Waals surface area contributed by atoms with Crippen molar-refractivity contribution in [3.8, 4) is 5.75 Å². The summed E-state index contributed by atoms with van der Waals surface area (Å²) in [5.41, 5.74) is 0.528. The molecule has 2 N–H and O–H groups in total. The number of anilines is 1. The average molecular weight is 280 g/mol. The summed E-state index contributed by atoms with van der Waals surface area (Å²) in [5.74, 6) is 0.340. The fraction of sp³-hybridized carbons (Fsp3) is 0.533. The van der Waals surface area contributed by atoms with Gasteiger partial charge in [0.25, 0.3) is 0 Å². The van der Waals surface area contributed by atoms with Gasteiger partial charge in [0.05, 0.1) is 12.3 Å². The molecule has 1 saturated carbocycles. The van der Waals surface area contributed by atoms with Gasteiger partial charge >= 0.3 is 0 Å². The number of carbonyl (C=O) groups excluding carboxylic acids is 1. The molecule has 1 aliphatic carbocycles. The summed E-state index contributed by atoms with van der Waals surface area (Å²) in [7, 11) is 1.80. The van der Waals surface area contributed by atoms with Crippen molar-refractivity contribution in [1.29, 1.82) is 0 Å². The van der Waals surface area contributed by atoms with Crippen molar-refractivity contribution in [3.05, 3.63) is 24.0 Å². The van der Waals surface area contributed by atoms with E-state index in [1.807, 2.05) is 6.92 Å². The maximum absolute atomic E-state index is 13.3. The Bertz CT molecular complexity index is 475.